The number of likely N-dealkylation sites (tertiary alicyclic amines) is 1. The van der Waals surface area contributed by atoms with E-state index in [1.165, 1.54) is 30.8 Å². The van der Waals surface area contributed by atoms with Gasteiger partial charge in [0.05, 0.1) is 5.39 Å². The summed E-state index contributed by atoms with van der Waals surface area (Å²) in [5.74, 6) is -0.473. The average molecular weight is 450 g/mol. The number of pyridine rings is 1. The van der Waals surface area contributed by atoms with Crippen molar-refractivity contribution in [2.45, 2.75) is 39.2 Å². The van der Waals surface area contributed by atoms with Crippen LogP contribution in [-0.2, 0) is 14.1 Å². The molecule has 1 aliphatic heterocycles. The van der Waals surface area contributed by atoms with Crippen LogP contribution in [0.5, 0.6) is 0 Å². The van der Waals surface area contributed by atoms with Crippen LogP contribution >= 0.6 is 0 Å². The SMILES string of the molecule is Cc1cc(C(=O)N2CCCCC2C)ccc1NC(=O)c1ccc2c(=O)n(C)c(=O)n(C)c2n1. The predicted octanol–water partition coefficient (Wildman–Crippen LogP) is 2.21. The van der Waals surface area contributed by atoms with Gasteiger partial charge in [-0.15, -0.1) is 0 Å². The van der Waals surface area contributed by atoms with Gasteiger partial charge in [-0.2, -0.15) is 0 Å². The van der Waals surface area contributed by atoms with Crippen molar-refractivity contribution < 1.29 is 9.59 Å². The maximum atomic E-state index is 12.9. The highest BCUT2D eigenvalue weighted by molar-refractivity contribution is 6.04. The Kier molecular flexibility index (Phi) is 5.88. The summed E-state index contributed by atoms with van der Waals surface area (Å²) in [7, 11) is 2.90. The molecule has 9 nitrogen and oxygen atoms in total. The highest BCUT2D eigenvalue weighted by Gasteiger charge is 2.24. The number of aryl methyl sites for hydroxylation is 2. The minimum Gasteiger partial charge on any atom is -0.336 e. The minimum atomic E-state index is -0.517. The van der Waals surface area contributed by atoms with Gasteiger partial charge in [-0.25, -0.2) is 9.78 Å². The number of carbonyl (C=O) groups is 2. The number of rotatable bonds is 3. The van der Waals surface area contributed by atoms with Gasteiger partial charge < -0.3 is 10.2 Å². The van der Waals surface area contributed by atoms with Gasteiger partial charge in [0.1, 0.15) is 11.3 Å². The van der Waals surface area contributed by atoms with Crippen molar-refractivity contribution in [3.63, 3.8) is 0 Å². The fourth-order valence-corrected chi connectivity index (χ4v) is 4.27. The Balaban J connectivity index is 1.59. The summed E-state index contributed by atoms with van der Waals surface area (Å²) >= 11 is 0. The average Bonchev–Trinajstić information content (AvgIpc) is 2.82. The lowest BCUT2D eigenvalue weighted by Gasteiger charge is -2.33. The standard InChI is InChI=1S/C24H27N5O4/c1-14-13-16(22(31)29-12-6-5-7-15(29)2)8-10-18(14)26-21(30)19-11-9-17-20(25-19)27(3)24(33)28(4)23(17)32/h8-11,13,15H,5-7,12H2,1-4H3,(H,26,30). The Labute approximate surface area is 190 Å². The van der Waals surface area contributed by atoms with E-state index in [2.05, 4.69) is 17.2 Å². The second-order valence-corrected chi connectivity index (χ2v) is 8.60. The first-order chi connectivity index (χ1) is 15.7. The Morgan fingerprint density at radius 3 is 2.52 bits per heavy atom. The number of hydrogen-bond donors (Lipinski definition) is 1. The van der Waals surface area contributed by atoms with Crippen molar-refractivity contribution in [3.05, 3.63) is 68.0 Å². The van der Waals surface area contributed by atoms with Crippen LogP contribution in [0.3, 0.4) is 0 Å². The van der Waals surface area contributed by atoms with Crippen molar-refractivity contribution in [1.82, 2.24) is 19.0 Å². The number of hydrogen-bond acceptors (Lipinski definition) is 5. The Bertz CT molecular complexity index is 1390. The van der Waals surface area contributed by atoms with Crippen LogP contribution in [-0.4, -0.2) is 43.4 Å². The van der Waals surface area contributed by atoms with Crippen LogP contribution in [0.15, 0.2) is 39.9 Å². The molecule has 1 unspecified atom stereocenters. The first-order valence-corrected chi connectivity index (χ1v) is 11.0. The molecular weight excluding hydrogens is 422 g/mol. The lowest BCUT2D eigenvalue weighted by atomic mass is 10.0. The van der Waals surface area contributed by atoms with Crippen LogP contribution in [0, 0.1) is 6.92 Å². The highest BCUT2D eigenvalue weighted by Crippen LogP contribution is 2.22. The first-order valence-electron chi connectivity index (χ1n) is 11.0. The fraction of sp³-hybridized carbons (Fsp3) is 0.375. The van der Waals surface area contributed by atoms with Gasteiger partial charge in [-0.3, -0.25) is 23.5 Å². The van der Waals surface area contributed by atoms with Gasteiger partial charge in [0.2, 0.25) is 0 Å². The molecule has 172 valence electrons. The zero-order chi connectivity index (χ0) is 23.9. The molecule has 0 aliphatic carbocycles. The van der Waals surface area contributed by atoms with Crippen molar-refractivity contribution in [2.24, 2.45) is 14.1 Å². The van der Waals surface area contributed by atoms with Crippen molar-refractivity contribution in [3.8, 4) is 0 Å². The Hall–Kier alpha value is -3.75. The molecule has 1 fully saturated rings. The molecule has 0 radical (unpaired) electrons. The molecule has 1 aliphatic rings. The summed E-state index contributed by atoms with van der Waals surface area (Å²) in [5, 5.41) is 3.06. The highest BCUT2D eigenvalue weighted by atomic mass is 16.2. The summed E-state index contributed by atoms with van der Waals surface area (Å²) in [5.41, 5.74) is 1.14. The van der Waals surface area contributed by atoms with Crippen LogP contribution in [0.1, 0.15) is 52.6 Å². The van der Waals surface area contributed by atoms with Gasteiger partial charge in [0.25, 0.3) is 17.4 Å². The summed E-state index contributed by atoms with van der Waals surface area (Å²) in [6.07, 6.45) is 3.16. The van der Waals surface area contributed by atoms with Crippen LogP contribution in [0.4, 0.5) is 5.69 Å². The van der Waals surface area contributed by atoms with Crippen LogP contribution in [0.25, 0.3) is 11.0 Å². The number of nitrogens with one attached hydrogen (secondary N) is 1. The molecule has 0 saturated carbocycles. The first kappa shape index (κ1) is 22.4. The molecule has 33 heavy (non-hydrogen) atoms. The number of fused-ring (bicyclic) bond motifs is 1. The number of amides is 2. The summed E-state index contributed by atoms with van der Waals surface area (Å²) in [4.78, 5) is 56.4. The molecule has 1 N–H and O–H groups in total. The van der Waals surface area contributed by atoms with Gasteiger partial charge in [-0.1, -0.05) is 0 Å². The topological polar surface area (TPSA) is 106 Å². The maximum Gasteiger partial charge on any atom is 0.332 e. The molecule has 0 spiro atoms. The quantitative estimate of drug-likeness (QED) is 0.660. The molecule has 1 atom stereocenters. The van der Waals surface area contributed by atoms with Crippen molar-refractivity contribution in [2.75, 3.05) is 11.9 Å². The smallest absolute Gasteiger partial charge is 0.332 e. The molecule has 9 heteroatoms. The van der Waals surface area contributed by atoms with E-state index in [0.29, 0.717) is 11.3 Å². The van der Waals surface area contributed by atoms with E-state index in [4.69, 9.17) is 0 Å². The molecule has 3 aromatic rings. The van der Waals surface area contributed by atoms with Crippen molar-refractivity contribution >= 4 is 28.5 Å². The molecule has 4 rings (SSSR count). The lowest BCUT2D eigenvalue weighted by Crippen LogP contribution is -2.42. The number of benzene rings is 1. The van der Waals surface area contributed by atoms with E-state index < -0.39 is 17.2 Å². The molecule has 0 bridgehead atoms. The lowest BCUT2D eigenvalue weighted by molar-refractivity contribution is 0.0635. The van der Waals surface area contributed by atoms with E-state index >= 15 is 0 Å². The van der Waals surface area contributed by atoms with Crippen molar-refractivity contribution in [1.29, 1.82) is 0 Å². The largest absolute Gasteiger partial charge is 0.336 e. The monoisotopic (exact) mass is 449 g/mol. The van der Waals surface area contributed by atoms with E-state index in [-0.39, 0.29) is 28.7 Å². The number of aromatic nitrogens is 3. The number of anilines is 1. The van der Waals surface area contributed by atoms with E-state index in [9.17, 15) is 19.2 Å². The molecule has 2 amide bonds. The summed E-state index contributed by atoms with van der Waals surface area (Å²) < 4.78 is 2.24. The second-order valence-electron chi connectivity index (χ2n) is 8.60. The predicted molar refractivity (Wildman–Crippen MR) is 126 cm³/mol. The number of carbonyl (C=O) groups excluding carboxylic acids is 2. The number of nitrogens with zero attached hydrogens (tertiary/aromatic N) is 4. The van der Waals surface area contributed by atoms with E-state index in [1.807, 2.05) is 11.8 Å². The third-order valence-corrected chi connectivity index (χ3v) is 6.32. The second kappa shape index (κ2) is 8.65. The molecule has 2 aromatic heterocycles. The van der Waals surface area contributed by atoms with Crippen LogP contribution in [0.2, 0.25) is 0 Å². The molecule has 1 aromatic carbocycles. The Morgan fingerprint density at radius 2 is 1.82 bits per heavy atom. The summed E-state index contributed by atoms with van der Waals surface area (Å²) in [6.45, 7) is 4.66. The normalized spacial score (nSPS) is 16.1. The van der Waals surface area contributed by atoms with Crippen LogP contribution < -0.4 is 16.6 Å². The third-order valence-electron chi connectivity index (χ3n) is 6.32. The molecule has 3 heterocycles. The van der Waals surface area contributed by atoms with Gasteiger partial charge >= 0.3 is 5.69 Å². The van der Waals surface area contributed by atoms with Gasteiger partial charge in [-0.05, 0) is 69.0 Å². The number of piperidine rings is 1. The van der Waals surface area contributed by atoms with Gasteiger partial charge in [0.15, 0.2) is 0 Å². The summed E-state index contributed by atoms with van der Waals surface area (Å²) in [6, 6.07) is 8.37. The zero-order valence-electron chi connectivity index (χ0n) is 19.2. The Morgan fingerprint density at radius 1 is 1.06 bits per heavy atom. The third kappa shape index (κ3) is 4.06. The van der Waals surface area contributed by atoms with Gasteiger partial charge in [0, 0.05) is 37.9 Å². The molecule has 1 saturated heterocycles. The zero-order valence-corrected chi connectivity index (χ0v) is 19.2. The fourth-order valence-electron chi connectivity index (χ4n) is 4.27. The molecular formula is C24H27N5O4. The van der Waals surface area contributed by atoms with E-state index in [1.54, 1.807) is 18.2 Å². The van der Waals surface area contributed by atoms with E-state index in [0.717, 1.165) is 35.9 Å². The maximum absolute atomic E-state index is 12.9. The minimum absolute atomic E-state index is 0.00173.